The molecule has 4 nitrogen and oxygen atoms in total. The highest BCUT2D eigenvalue weighted by Gasteiger charge is 2.19. The van der Waals surface area contributed by atoms with Gasteiger partial charge in [-0.2, -0.15) is 0 Å². The van der Waals surface area contributed by atoms with Gasteiger partial charge in [0.2, 0.25) is 5.91 Å². The zero-order chi connectivity index (χ0) is 16.2. The SMILES string of the molecule is COc1ccc2c(c1)CN(CC(=O)Nc1ccc(I)cc1)CC2. The van der Waals surface area contributed by atoms with Crippen LogP contribution in [0.5, 0.6) is 5.75 Å². The molecule has 5 heteroatoms. The summed E-state index contributed by atoms with van der Waals surface area (Å²) in [6.45, 7) is 2.09. The van der Waals surface area contributed by atoms with E-state index in [1.54, 1.807) is 7.11 Å². The minimum atomic E-state index is 0.0255. The summed E-state index contributed by atoms with van der Waals surface area (Å²) in [6.07, 6.45) is 0.968. The van der Waals surface area contributed by atoms with E-state index in [4.69, 9.17) is 4.74 Å². The van der Waals surface area contributed by atoms with Crippen LogP contribution < -0.4 is 10.1 Å². The van der Waals surface area contributed by atoms with Crippen molar-refractivity contribution < 1.29 is 9.53 Å². The van der Waals surface area contributed by atoms with Gasteiger partial charge in [0.15, 0.2) is 0 Å². The van der Waals surface area contributed by atoms with E-state index in [0.717, 1.165) is 34.5 Å². The first-order valence-electron chi connectivity index (χ1n) is 7.57. The molecule has 1 aliphatic heterocycles. The topological polar surface area (TPSA) is 41.6 Å². The average Bonchev–Trinajstić information content (AvgIpc) is 2.56. The number of nitrogens with one attached hydrogen (secondary N) is 1. The van der Waals surface area contributed by atoms with Crippen LogP contribution in [0.3, 0.4) is 0 Å². The number of rotatable bonds is 4. The maximum Gasteiger partial charge on any atom is 0.238 e. The summed E-state index contributed by atoms with van der Waals surface area (Å²) in [7, 11) is 1.68. The van der Waals surface area contributed by atoms with Gasteiger partial charge in [-0.15, -0.1) is 0 Å². The lowest BCUT2D eigenvalue weighted by Gasteiger charge is -2.28. The van der Waals surface area contributed by atoms with Crippen LogP contribution in [-0.2, 0) is 17.8 Å². The summed E-state index contributed by atoms with van der Waals surface area (Å²) in [4.78, 5) is 14.4. The van der Waals surface area contributed by atoms with E-state index in [1.165, 1.54) is 11.1 Å². The largest absolute Gasteiger partial charge is 0.497 e. The Balaban J connectivity index is 1.60. The Kier molecular flexibility index (Phi) is 5.17. The Morgan fingerprint density at radius 2 is 2.00 bits per heavy atom. The fourth-order valence-corrected chi connectivity index (χ4v) is 3.15. The van der Waals surface area contributed by atoms with Crippen molar-refractivity contribution in [2.45, 2.75) is 13.0 Å². The van der Waals surface area contributed by atoms with Crippen LogP contribution in [0.2, 0.25) is 0 Å². The average molecular weight is 422 g/mol. The number of benzene rings is 2. The zero-order valence-corrected chi connectivity index (χ0v) is 15.2. The molecule has 1 aliphatic rings. The minimum absolute atomic E-state index is 0.0255. The number of anilines is 1. The van der Waals surface area contributed by atoms with E-state index in [1.807, 2.05) is 30.3 Å². The second kappa shape index (κ2) is 7.31. The molecule has 1 heterocycles. The Labute approximate surface area is 150 Å². The molecule has 1 amide bonds. The summed E-state index contributed by atoms with van der Waals surface area (Å²) in [5, 5.41) is 2.95. The van der Waals surface area contributed by atoms with Crippen molar-refractivity contribution in [3.63, 3.8) is 0 Å². The fourth-order valence-electron chi connectivity index (χ4n) is 2.79. The Bertz CT molecular complexity index is 701. The molecule has 0 radical (unpaired) electrons. The molecule has 0 aliphatic carbocycles. The van der Waals surface area contributed by atoms with Crippen LogP contribution in [-0.4, -0.2) is 31.0 Å². The highest BCUT2D eigenvalue weighted by molar-refractivity contribution is 14.1. The highest BCUT2D eigenvalue weighted by Crippen LogP contribution is 2.23. The van der Waals surface area contributed by atoms with Gasteiger partial charge < -0.3 is 10.1 Å². The van der Waals surface area contributed by atoms with Gasteiger partial charge in [-0.25, -0.2) is 0 Å². The second-order valence-corrected chi connectivity index (χ2v) is 6.90. The third-order valence-electron chi connectivity index (χ3n) is 4.00. The minimum Gasteiger partial charge on any atom is -0.497 e. The number of fused-ring (bicyclic) bond motifs is 1. The zero-order valence-electron chi connectivity index (χ0n) is 13.0. The maximum atomic E-state index is 12.2. The van der Waals surface area contributed by atoms with Gasteiger partial charge in [-0.1, -0.05) is 6.07 Å². The number of ether oxygens (including phenoxy) is 1. The van der Waals surface area contributed by atoms with E-state index >= 15 is 0 Å². The van der Waals surface area contributed by atoms with E-state index in [2.05, 4.69) is 44.9 Å². The smallest absolute Gasteiger partial charge is 0.238 e. The lowest BCUT2D eigenvalue weighted by Crippen LogP contribution is -2.37. The van der Waals surface area contributed by atoms with Gasteiger partial charge in [0.05, 0.1) is 13.7 Å². The molecule has 0 saturated carbocycles. The number of carbonyl (C=O) groups excluding carboxylic acids is 1. The van der Waals surface area contributed by atoms with Crippen LogP contribution in [0, 0.1) is 3.57 Å². The van der Waals surface area contributed by atoms with Crippen molar-refractivity contribution in [1.29, 1.82) is 0 Å². The number of nitrogens with zero attached hydrogens (tertiary/aromatic N) is 1. The van der Waals surface area contributed by atoms with Gasteiger partial charge in [0.25, 0.3) is 0 Å². The molecule has 3 rings (SSSR count). The summed E-state index contributed by atoms with van der Waals surface area (Å²) >= 11 is 2.25. The van der Waals surface area contributed by atoms with E-state index < -0.39 is 0 Å². The van der Waals surface area contributed by atoms with Crippen LogP contribution in [0.1, 0.15) is 11.1 Å². The molecule has 0 fully saturated rings. The Morgan fingerprint density at radius 1 is 1.22 bits per heavy atom. The van der Waals surface area contributed by atoms with Crippen LogP contribution in [0.25, 0.3) is 0 Å². The predicted molar refractivity (Wildman–Crippen MR) is 99.8 cm³/mol. The summed E-state index contributed by atoms with van der Waals surface area (Å²) in [6, 6.07) is 14.0. The second-order valence-electron chi connectivity index (χ2n) is 5.65. The first kappa shape index (κ1) is 16.3. The molecule has 0 bridgehead atoms. The Morgan fingerprint density at radius 3 is 2.74 bits per heavy atom. The van der Waals surface area contributed by atoms with Crippen molar-refractivity contribution in [3.8, 4) is 5.75 Å². The van der Waals surface area contributed by atoms with Crippen LogP contribution in [0.4, 0.5) is 5.69 Å². The van der Waals surface area contributed by atoms with E-state index in [-0.39, 0.29) is 5.91 Å². The number of carbonyl (C=O) groups is 1. The normalized spacial score (nSPS) is 14.2. The first-order chi connectivity index (χ1) is 11.1. The highest BCUT2D eigenvalue weighted by atomic mass is 127. The summed E-state index contributed by atoms with van der Waals surface area (Å²) in [5.74, 6) is 0.895. The van der Waals surface area contributed by atoms with Crippen LogP contribution >= 0.6 is 22.6 Å². The van der Waals surface area contributed by atoms with Crippen molar-refractivity contribution in [3.05, 3.63) is 57.2 Å². The van der Waals surface area contributed by atoms with Crippen molar-refractivity contribution in [1.82, 2.24) is 4.90 Å². The standard InChI is InChI=1S/C18H19IN2O2/c1-23-17-7-2-13-8-9-21(11-14(13)10-17)12-18(22)20-16-5-3-15(19)4-6-16/h2-7,10H,8-9,11-12H2,1H3,(H,20,22). The van der Waals surface area contributed by atoms with Gasteiger partial charge in [0, 0.05) is 22.3 Å². The third-order valence-corrected chi connectivity index (χ3v) is 4.72. The fraction of sp³-hybridized carbons (Fsp3) is 0.278. The van der Waals surface area contributed by atoms with Gasteiger partial charge in [-0.3, -0.25) is 9.69 Å². The molecule has 0 saturated heterocycles. The number of methoxy groups -OCH3 is 1. The number of hydrogen-bond donors (Lipinski definition) is 1. The first-order valence-corrected chi connectivity index (χ1v) is 8.65. The third kappa shape index (κ3) is 4.23. The summed E-state index contributed by atoms with van der Waals surface area (Å²) < 4.78 is 6.44. The van der Waals surface area contributed by atoms with E-state index in [9.17, 15) is 4.79 Å². The molecular weight excluding hydrogens is 403 g/mol. The van der Waals surface area contributed by atoms with Crippen molar-refractivity contribution in [2.75, 3.05) is 25.5 Å². The Hall–Kier alpha value is -1.60. The molecule has 2 aromatic carbocycles. The number of hydrogen-bond acceptors (Lipinski definition) is 3. The van der Waals surface area contributed by atoms with Gasteiger partial charge >= 0.3 is 0 Å². The summed E-state index contributed by atoms with van der Waals surface area (Å²) in [5.41, 5.74) is 3.44. The van der Waals surface area contributed by atoms with Gasteiger partial charge in [0.1, 0.15) is 5.75 Å². The maximum absolute atomic E-state index is 12.2. The molecule has 0 unspecified atom stereocenters. The van der Waals surface area contributed by atoms with Crippen molar-refractivity contribution in [2.24, 2.45) is 0 Å². The number of amides is 1. The monoisotopic (exact) mass is 422 g/mol. The lowest BCUT2D eigenvalue weighted by atomic mass is 9.99. The molecule has 2 aromatic rings. The van der Waals surface area contributed by atoms with Crippen LogP contribution in [0.15, 0.2) is 42.5 Å². The van der Waals surface area contributed by atoms with E-state index in [0.29, 0.717) is 6.54 Å². The van der Waals surface area contributed by atoms with Gasteiger partial charge in [-0.05, 0) is 76.5 Å². The van der Waals surface area contributed by atoms with Crippen molar-refractivity contribution >= 4 is 34.2 Å². The predicted octanol–water partition coefficient (Wildman–Crippen LogP) is 3.30. The molecule has 0 spiro atoms. The molecule has 23 heavy (non-hydrogen) atoms. The molecular formula is C18H19IN2O2. The number of halogens is 1. The molecule has 1 N–H and O–H groups in total. The quantitative estimate of drug-likeness (QED) is 0.770. The molecule has 0 aromatic heterocycles. The lowest BCUT2D eigenvalue weighted by molar-refractivity contribution is -0.117. The molecule has 120 valence electrons. The molecule has 0 atom stereocenters.